The van der Waals surface area contributed by atoms with Gasteiger partial charge in [-0.15, -0.1) is 0 Å². The summed E-state index contributed by atoms with van der Waals surface area (Å²) in [5, 5.41) is 0.850. The van der Waals surface area contributed by atoms with E-state index in [2.05, 4.69) is 13.5 Å². The zero-order valence-corrected chi connectivity index (χ0v) is 18.6. The van der Waals surface area contributed by atoms with Crippen LogP contribution in [-0.4, -0.2) is 17.5 Å². The Kier molecular flexibility index (Phi) is 10.4. The van der Waals surface area contributed by atoms with E-state index >= 15 is 0 Å². The minimum atomic E-state index is -0.597. The number of unbranched alkanes of at least 4 members (excludes halogenated alkanes) is 5. The van der Waals surface area contributed by atoms with Gasteiger partial charge in [0.25, 0.3) is 4.74 Å². The Balaban J connectivity index is 1.86. The fraction of sp³-hybridized carbons (Fsp3) is 0.478. The molecule has 2 aromatic rings. The highest BCUT2D eigenvalue weighted by molar-refractivity contribution is 8.14. The first-order chi connectivity index (χ1) is 14.1. The number of ether oxygens (including phenoxy) is 1. The first-order valence-corrected chi connectivity index (χ1v) is 12.0. The fourth-order valence-electron chi connectivity index (χ4n) is 3.09. The monoisotopic (exact) mass is 436 g/mol. The van der Waals surface area contributed by atoms with Crippen molar-refractivity contribution in [3.63, 3.8) is 0 Å². The number of rotatable bonds is 13. The summed E-state index contributed by atoms with van der Waals surface area (Å²) in [7, 11) is 0. The number of hydrogen-bond donors (Lipinski definition) is 0. The zero-order valence-electron chi connectivity index (χ0n) is 17.0. The van der Waals surface area contributed by atoms with Gasteiger partial charge in [0.2, 0.25) is 5.12 Å². The predicted octanol–water partition coefficient (Wildman–Crippen LogP) is 6.52. The molecule has 0 saturated heterocycles. The molecule has 0 aliphatic heterocycles. The van der Waals surface area contributed by atoms with Crippen LogP contribution in [0.4, 0.5) is 4.39 Å². The van der Waals surface area contributed by atoms with Crippen LogP contribution in [0.25, 0.3) is 10.1 Å². The molecule has 0 amide bonds. The molecule has 0 N–H and O–H groups in total. The van der Waals surface area contributed by atoms with Crippen molar-refractivity contribution in [2.45, 2.75) is 58.3 Å². The lowest BCUT2D eigenvalue weighted by atomic mass is 10.0. The van der Waals surface area contributed by atoms with Gasteiger partial charge >= 0.3 is 0 Å². The third-order valence-electron chi connectivity index (χ3n) is 4.67. The maximum Gasteiger partial charge on any atom is 0.268 e. The fourth-order valence-corrected chi connectivity index (χ4v) is 4.64. The van der Waals surface area contributed by atoms with Gasteiger partial charge in [0, 0.05) is 16.0 Å². The van der Waals surface area contributed by atoms with E-state index in [1.165, 1.54) is 17.8 Å². The first kappa shape index (κ1) is 23.6. The molecule has 0 atom stereocenters. The summed E-state index contributed by atoms with van der Waals surface area (Å²) in [6.07, 6.45) is 8.94. The molecule has 3 nitrogen and oxygen atoms in total. The molecule has 0 unspecified atom stereocenters. The third kappa shape index (κ3) is 7.59. The predicted molar refractivity (Wildman–Crippen MR) is 123 cm³/mol. The molecule has 0 spiro atoms. The third-order valence-corrected chi connectivity index (χ3v) is 6.54. The van der Waals surface area contributed by atoms with Crippen molar-refractivity contribution in [3.8, 4) is 5.75 Å². The molecule has 0 fully saturated rings. The van der Waals surface area contributed by atoms with Crippen LogP contribution < -0.4 is 9.48 Å². The van der Waals surface area contributed by atoms with Crippen molar-refractivity contribution in [1.29, 1.82) is 0 Å². The van der Waals surface area contributed by atoms with Crippen LogP contribution >= 0.6 is 23.1 Å². The minimum Gasteiger partial charge on any atom is -0.494 e. The van der Waals surface area contributed by atoms with E-state index in [9.17, 15) is 14.0 Å². The van der Waals surface area contributed by atoms with E-state index in [1.807, 2.05) is 18.2 Å². The lowest BCUT2D eigenvalue weighted by Gasteiger charge is -2.10. The number of aryl methyl sites for hydroxylation is 1. The number of carbonyl (C=O) groups excluding carboxylic acids is 1. The highest BCUT2D eigenvalue weighted by Crippen LogP contribution is 2.28. The Morgan fingerprint density at radius 2 is 2.00 bits per heavy atom. The lowest BCUT2D eigenvalue weighted by Crippen LogP contribution is -2.07. The number of fused-ring (bicyclic) bond motifs is 1. The van der Waals surface area contributed by atoms with Gasteiger partial charge in [0.15, 0.2) is 5.82 Å². The zero-order chi connectivity index (χ0) is 21.1. The molecule has 6 heteroatoms. The summed E-state index contributed by atoms with van der Waals surface area (Å²) in [6.45, 7) is 6.16. The molecule has 0 saturated carbocycles. The summed E-state index contributed by atoms with van der Waals surface area (Å²) in [6, 6.07) is 5.58. The smallest absolute Gasteiger partial charge is 0.268 e. The van der Waals surface area contributed by atoms with Gasteiger partial charge in [-0.3, -0.25) is 9.59 Å². The molecular formula is C23H29FO3S2. The Bertz CT molecular complexity index is 876. The van der Waals surface area contributed by atoms with E-state index in [0.29, 0.717) is 24.3 Å². The van der Waals surface area contributed by atoms with Gasteiger partial charge in [-0.05, 0) is 55.3 Å². The molecule has 158 valence electrons. The summed E-state index contributed by atoms with van der Waals surface area (Å²) >= 11 is 2.25. The molecule has 0 bridgehead atoms. The van der Waals surface area contributed by atoms with Crippen molar-refractivity contribution in [3.05, 3.63) is 51.8 Å². The van der Waals surface area contributed by atoms with Gasteiger partial charge in [-0.1, -0.05) is 62.3 Å². The van der Waals surface area contributed by atoms with Crippen LogP contribution in [0.3, 0.4) is 0 Å². The summed E-state index contributed by atoms with van der Waals surface area (Å²) in [4.78, 5) is 23.1. The average Bonchev–Trinajstić information content (AvgIpc) is 2.72. The van der Waals surface area contributed by atoms with Gasteiger partial charge in [-0.2, -0.15) is 0 Å². The highest BCUT2D eigenvalue weighted by Gasteiger charge is 2.13. The van der Waals surface area contributed by atoms with Crippen molar-refractivity contribution in [1.82, 2.24) is 0 Å². The van der Waals surface area contributed by atoms with Gasteiger partial charge in [0.1, 0.15) is 5.75 Å². The number of halogens is 1. The molecular weight excluding hydrogens is 407 g/mol. The average molecular weight is 437 g/mol. The van der Waals surface area contributed by atoms with E-state index in [0.717, 1.165) is 72.1 Å². The SMILES string of the molecule is C=CC(=O)SCCCCCCOc1ccc2c(CCCCC)c(F)c(=O)sc2c1. The summed E-state index contributed by atoms with van der Waals surface area (Å²) in [5.41, 5.74) is 0.538. The highest BCUT2D eigenvalue weighted by atomic mass is 32.2. The van der Waals surface area contributed by atoms with Crippen molar-refractivity contribution in [2.24, 2.45) is 0 Å². The van der Waals surface area contributed by atoms with E-state index in [1.54, 1.807) is 0 Å². The van der Waals surface area contributed by atoms with Gasteiger partial charge < -0.3 is 4.74 Å². The quantitative estimate of drug-likeness (QED) is 0.265. The van der Waals surface area contributed by atoms with Crippen LogP contribution in [-0.2, 0) is 11.2 Å². The Hall–Kier alpha value is -1.66. The molecule has 0 radical (unpaired) electrons. The standard InChI is InChI=1S/C23H29FO3S2/c1-3-5-8-11-19-18-13-12-17(16-20(18)29-23(26)22(19)24)27-14-9-6-7-10-15-28-21(25)4-2/h4,12-13,16H,2-3,5-11,14-15H2,1H3. The molecule has 29 heavy (non-hydrogen) atoms. The topological polar surface area (TPSA) is 43.4 Å². The molecule has 1 heterocycles. The number of hydrogen-bond acceptors (Lipinski definition) is 5. The molecule has 0 aliphatic rings. The largest absolute Gasteiger partial charge is 0.494 e. The van der Waals surface area contributed by atoms with E-state index in [4.69, 9.17) is 4.74 Å². The Labute approximate surface area is 180 Å². The number of carbonyl (C=O) groups is 1. The van der Waals surface area contributed by atoms with Crippen LogP contribution in [0.1, 0.15) is 57.4 Å². The van der Waals surface area contributed by atoms with Gasteiger partial charge in [-0.25, -0.2) is 4.39 Å². The van der Waals surface area contributed by atoms with E-state index in [-0.39, 0.29) is 5.12 Å². The second-order valence-corrected chi connectivity index (χ2v) is 9.05. The Morgan fingerprint density at radius 3 is 2.76 bits per heavy atom. The van der Waals surface area contributed by atoms with Crippen molar-refractivity contribution >= 4 is 38.3 Å². The Morgan fingerprint density at radius 1 is 1.21 bits per heavy atom. The number of thioether (sulfide) groups is 1. The van der Waals surface area contributed by atoms with Crippen molar-refractivity contribution in [2.75, 3.05) is 12.4 Å². The van der Waals surface area contributed by atoms with Crippen LogP contribution in [0, 0.1) is 5.82 Å². The number of benzene rings is 1. The van der Waals surface area contributed by atoms with E-state index < -0.39 is 10.6 Å². The second kappa shape index (κ2) is 12.8. The van der Waals surface area contributed by atoms with Gasteiger partial charge in [0.05, 0.1) is 6.61 Å². The minimum absolute atomic E-state index is 0.0281. The van der Waals surface area contributed by atoms with Crippen LogP contribution in [0.5, 0.6) is 5.75 Å². The first-order valence-electron chi connectivity index (χ1n) is 10.2. The molecule has 1 aromatic heterocycles. The maximum atomic E-state index is 14.3. The van der Waals surface area contributed by atoms with Crippen molar-refractivity contribution < 1.29 is 13.9 Å². The second-order valence-electron chi connectivity index (χ2n) is 6.93. The molecule has 2 rings (SSSR count). The molecule has 1 aromatic carbocycles. The van der Waals surface area contributed by atoms with Crippen LogP contribution in [0.15, 0.2) is 35.6 Å². The molecule has 0 aliphatic carbocycles. The maximum absolute atomic E-state index is 14.3. The summed E-state index contributed by atoms with van der Waals surface area (Å²) in [5.74, 6) is 0.943. The normalized spacial score (nSPS) is 11.0. The summed E-state index contributed by atoms with van der Waals surface area (Å²) < 4.78 is 20.4. The van der Waals surface area contributed by atoms with Crippen LogP contribution in [0.2, 0.25) is 0 Å². The lowest BCUT2D eigenvalue weighted by molar-refractivity contribution is -0.107.